The van der Waals surface area contributed by atoms with Crippen LogP contribution in [0.5, 0.6) is 0 Å². The first-order valence-electron chi connectivity index (χ1n) is 6.81. The number of nitrogens with zero attached hydrogens (tertiary/aromatic N) is 2. The van der Waals surface area contributed by atoms with Crippen LogP contribution in [-0.2, 0) is 6.42 Å². The molecular weight excluding hydrogens is 284 g/mol. The Morgan fingerprint density at radius 1 is 1.41 bits per heavy atom. The number of hydrazone groups is 1. The van der Waals surface area contributed by atoms with E-state index in [1.807, 2.05) is 6.92 Å². The van der Waals surface area contributed by atoms with E-state index in [1.54, 1.807) is 12.1 Å². The summed E-state index contributed by atoms with van der Waals surface area (Å²) in [6.45, 7) is 2.01. The molecule has 0 saturated carbocycles. The van der Waals surface area contributed by atoms with Gasteiger partial charge in [-0.1, -0.05) is 25.5 Å². The second-order valence-electron chi connectivity index (χ2n) is 4.63. The van der Waals surface area contributed by atoms with Crippen molar-refractivity contribution in [3.63, 3.8) is 0 Å². The molecule has 0 fully saturated rings. The van der Waals surface area contributed by atoms with Crippen molar-refractivity contribution < 1.29 is 9.90 Å². The number of aromatic nitrogens is 2. The number of anilines is 1. The topological polar surface area (TPSA) is 107 Å². The van der Waals surface area contributed by atoms with E-state index in [4.69, 9.17) is 5.11 Å². The minimum atomic E-state index is -0.976. The molecule has 0 atom stereocenters. The fourth-order valence-corrected chi connectivity index (χ4v) is 1.82. The predicted molar refractivity (Wildman–Crippen MR) is 83.5 cm³/mol. The number of H-pyrrole nitrogens is 1. The zero-order chi connectivity index (χ0) is 15.9. The Kier molecular flexibility index (Phi) is 5.02. The van der Waals surface area contributed by atoms with Gasteiger partial charge in [0.25, 0.3) is 5.56 Å². The number of nitrogens with one attached hydrogen (secondary N) is 2. The first-order chi connectivity index (χ1) is 10.6. The van der Waals surface area contributed by atoms with Crippen molar-refractivity contribution in [2.75, 3.05) is 5.43 Å². The number of benzene rings is 1. The predicted octanol–water partition coefficient (Wildman–Crippen LogP) is 1.87. The minimum absolute atomic E-state index is 0.211. The molecule has 0 aliphatic carbocycles. The van der Waals surface area contributed by atoms with Crippen molar-refractivity contribution in [2.45, 2.75) is 19.8 Å². The highest BCUT2D eigenvalue weighted by molar-refractivity contribution is 5.89. The highest BCUT2D eigenvalue weighted by atomic mass is 16.4. The van der Waals surface area contributed by atoms with Crippen molar-refractivity contribution in [3.05, 3.63) is 57.5 Å². The number of hydrogen-bond donors (Lipinski definition) is 3. The molecule has 2 aromatic rings. The van der Waals surface area contributed by atoms with E-state index in [2.05, 4.69) is 20.5 Å². The van der Waals surface area contributed by atoms with E-state index in [-0.39, 0.29) is 17.1 Å². The van der Waals surface area contributed by atoms with Crippen LogP contribution in [0.25, 0.3) is 0 Å². The molecule has 22 heavy (non-hydrogen) atoms. The number of aromatic amines is 1. The van der Waals surface area contributed by atoms with Crippen molar-refractivity contribution in [1.29, 1.82) is 0 Å². The third-order valence-electron chi connectivity index (χ3n) is 2.84. The van der Waals surface area contributed by atoms with Gasteiger partial charge in [-0.15, -0.1) is 0 Å². The van der Waals surface area contributed by atoms with Crippen molar-refractivity contribution >= 4 is 18.1 Å². The summed E-state index contributed by atoms with van der Waals surface area (Å²) in [5, 5.41) is 12.8. The van der Waals surface area contributed by atoms with E-state index < -0.39 is 5.97 Å². The van der Waals surface area contributed by atoms with Gasteiger partial charge in [0, 0.05) is 11.8 Å². The van der Waals surface area contributed by atoms with Gasteiger partial charge in [-0.3, -0.25) is 9.78 Å². The highest BCUT2D eigenvalue weighted by Gasteiger charge is 2.01. The number of carboxylic acid groups (broad SMARTS) is 1. The van der Waals surface area contributed by atoms with Gasteiger partial charge in [0.2, 0.25) is 5.95 Å². The number of rotatable bonds is 6. The highest BCUT2D eigenvalue weighted by Crippen LogP contribution is 2.03. The van der Waals surface area contributed by atoms with Crippen LogP contribution in [0.2, 0.25) is 0 Å². The fraction of sp³-hybridized carbons (Fsp3) is 0.200. The molecule has 0 radical (unpaired) electrons. The van der Waals surface area contributed by atoms with Gasteiger partial charge in [-0.25, -0.2) is 15.2 Å². The van der Waals surface area contributed by atoms with Crippen LogP contribution in [0.15, 0.2) is 40.2 Å². The van der Waals surface area contributed by atoms with Gasteiger partial charge in [0.15, 0.2) is 0 Å². The molecule has 0 aliphatic heterocycles. The Bertz CT molecular complexity index is 735. The zero-order valence-corrected chi connectivity index (χ0v) is 12.0. The second-order valence-corrected chi connectivity index (χ2v) is 4.63. The van der Waals surface area contributed by atoms with Crippen molar-refractivity contribution in [2.24, 2.45) is 5.10 Å². The van der Waals surface area contributed by atoms with E-state index in [9.17, 15) is 9.59 Å². The van der Waals surface area contributed by atoms with Gasteiger partial charge < -0.3 is 5.11 Å². The van der Waals surface area contributed by atoms with Crippen LogP contribution >= 0.6 is 0 Å². The average molecular weight is 300 g/mol. The molecule has 0 aliphatic rings. The third kappa shape index (κ3) is 4.27. The molecule has 0 amide bonds. The second kappa shape index (κ2) is 7.16. The summed E-state index contributed by atoms with van der Waals surface area (Å²) in [6, 6.07) is 7.72. The Morgan fingerprint density at radius 3 is 2.77 bits per heavy atom. The monoisotopic (exact) mass is 300 g/mol. The Hall–Kier alpha value is -2.96. The molecule has 114 valence electrons. The van der Waals surface area contributed by atoms with Gasteiger partial charge in [-0.2, -0.15) is 5.10 Å². The molecule has 3 N–H and O–H groups in total. The standard InChI is InChI=1S/C15H16N4O3/c1-2-3-12-8-13(20)18-15(17-12)19-16-9-10-4-6-11(7-5-10)14(21)22/h4-9H,2-3H2,1H3,(H,21,22)(H2,17,18,19,20)/b16-9+. The maximum absolute atomic E-state index is 11.5. The van der Waals surface area contributed by atoms with Crippen molar-refractivity contribution in [1.82, 2.24) is 9.97 Å². The minimum Gasteiger partial charge on any atom is -0.478 e. The number of hydrogen-bond acceptors (Lipinski definition) is 5. The third-order valence-corrected chi connectivity index (χ3v) is 2.84. The Labute approximate surface area is 126 Å². The largest absolute Gasteiger partial charge is 0.478 e. The van der Waals surface area contributed by atoms with Gasteiger partial charge >= 0.3 is 5.97 Å². The van der Waals surface area contributed by atoms with Crippen LogP contribution in [0, 0.1) is 0 Å². The fourth-order valence-electron chi connectivity index (χ4n) is 1.82. The van der Waals surface area contributed by atoms with E-state index >= 15 is 0 Å². The normalized spacial score (nSPS) is 10.8. The summed E-state index contributed by atoms with van der Waals surface area (Å²) in [4.78, 5) is 29.0. The van der Waals surface area contributed by atoms with Gasteiger partial charge in [0.05, 0.1) is 11.8 Å². The molecule has 0 bridgehead atoms. The lowest BCUT2D eigenvalue weighted by Crippen LogP contribution is -2.11. The summed E-state index contributed by atoms with van der Waals surface area (Å²) in [5.41, 5.74) is 4.06. The van der Waals surface area contributed by atoms with Crippen LogP contribution in [0.3, 0.4) is 0 Å². The molecule has 1 heterocycles. The van der Waals surface area contributed by atoms with Gasteiger partial charge in [0.1, 0.15) is 0 Å². The van der Waals surface area contributed by atoms with Crippen LogP contribution in [-0.4, -0.2) is 27.3 Å². The summed E-state index contributed by atoms with van der Waals surface area (Å²) in [7, 11) is 0. The van der Waals surface area contributed by atoms with E-state index in [1.165, 1.54) is 24.4 Å². The van der Waals surface area contributed by atoms with E-state index in [0.29, 0.717) is 5.69 Å². The summed E-state index contributed by atoms with van der Waals surface area (Å²) in [6.07, 6.45) is 3.13. The van der Waals surface area contributed by atoms with Gasteiger partial charge in [-0.05, 0) is 24.1 Å². The Morgan fingerprint density at radius 2 is 2.14 bits per heavy atom. The lowest BCUT2D eigenvalue weighted by molar-refractivity contribution is 0.0697. The molecule has 0 unspecified atom stereocenters. The maximum Gasteiger partial charge on any atom is 0.335 e. The smallest absolute Gasteiger partial charge is 0.335 e. The van der Waals surface area contributed by atoms with Crippen LogP contribution in [0.1, 0.15) is 35.0 Å². The average Bonchev–Trinajstić information content (AvgIpc) is 2.47. The molecule has 7 heteroatoms. The molecular formula is C15H16N4O3. The maximum atomic E-state index is 11.5. The molecule has 0 saturated heterocycles. The zero-order valence-electron chi connectivity index (χ0n) is 12.0. The summed E-state index contributed by atoms with van der Waals surface area (Å²) in [5.74, 6) is -0.703. The number of aryl methyl sites for hydroxylation is 1. The first kappa shape index (κ1) is 15.4. The van der Waals surface area contributed by atoms with Crippen LogP contribution in [0.4, 0.5) is 5.95 Å². The quantitative estimate of drug-likeness (QED) is 0.557. The lowest BCUT2D eigenvalue weighted by Gasteiger charge is -2.02. The number of aromatic carboxylic acids is 1. The molecule has 1 aromatic heterocycles. The van der Waals surface area contributed by atoms with E-state index in [0.717, 1.165) is 18.4 Å². The number of carboxylic acids is 1. The molecule has 2 rings (SSSR count). The number of carbonyl (C=O) groups is 1. The SMILES string of the molecule is CCCc1cc(=O)[nH]c(N/N=C/c2ccc(C(=O)O)cc2)n1. The van der Waals surface area contributed by atoms with Crippen LogP contribution < -0.4 is 11.0 Å². The Balaban J connectivity index is 2.05. The summed E-state index contributed by atoms with van der Waals surface area (Å²) >= 11 is 0. The lowest BCUT2D eigenvalue weighted by atomic mass is 10.1. The summed E-state index contributed by atoms with van der Waals surface area (Å²) < 4.78 is 0. The molecule has 1 aromatic carbocycles. The molecule has 0 spiro atoms. The molecule has 7 nitrogen and oxygen atoms in total. The first-order valence-corrected chi connectivity index (χ1v) is 6.81. The van der Waals surface area contributed by atoms with Crippen molar-refractivity contribution in [3.8, 4) is 0 Å².